The zero-order valence-corrected chi connectivity index (χ0v) is 15.6. The molecule has 0 spiro atoms. The maximum Gasteiger partial charge on any atom is 0.128 e. The summed E-state index contributed by atoms with van der Waals surface area (Å²) in [5, 5.41) is 2.41. The van der Waals surface area contributed by atoms with Crippen molar-refractivity contribution in [2.24, 2.45) is 0 Å². The first-order chi connectivity index (χ1) is 12.3. The highest BCUT2D eigenvalue weighted by atomic mass is 32.2. The SMILES string of the molecule is Cc1nc(SCc2nc3ccccc3[nH]2)c2c3c(sc2n1)CCCC3. The molecule has 0 unspecified atom stereocenters. The molecule has 0 amide bonds. The smallest absolute Gasteiger partial charge is 0.128 e. The van der Waals surface area contributed by atoms with Crippen LogP contribution >= 0.6 is 23.1 Å². The molecule has 1 aliphatic carbocycles. The lowest BCUT2D eigenvalue weighted by Gasteiger charge is -2.11. The number of aromatic nitrogens is 4. The van der Waals surface area contributed by atoms with Crippen LogP contribution in [-0.2, 0) is 18.6 Å². The van der Waals surface area contributed by atoms with Gasteiger partial charge in [-0.2, -0.15) is 0 Å². The minimum absolute atomic E-state index is 0.796. The number of para-hydroxylation sites is 2. The predicted molar refractivity (Wildman–Crippen MR) is 104 cm³/mol. The molecule has 0 radical (unpaired) electrons. The fraction of sp³-hybridized carbons (Fsp3) is 0.316. The zero-order valence-electron chi connectivity index (χ0n) is 14.0. The summed E-state index contributed by atoms with van der Waals surface area (Å²) in [7, 11) is 0. The largest absolute Gasteiger partial charge is 0.341 e. The van der Waals surface area contributed by atoms with Crippen LogP contribution in [-0.4, -0.2) is 19.9 Å². The highest BCUT2D eigenvalue weighted by Gasteiger charge is 2.21. The summed E-state index contributed by atoms with van der Waals surface area (Å²) in [6.07, 6.45) is 4.94. The molecule has 0 atom stereocenters. The summed E-state index contributed by atoms with van der Waals surface area (Å²) in [5.41, 5.74) is 3.61. The number of rotatable bonds is 3. The molecule has 0 saturated carbocycles. The van der Waals surface area contributed by atoms with Crippen LogP contribution in [0.5, 0.6) is 0 Å². The summed E-state index contributed by atoms with van der Waals surface area (Å²) >= 11 is 3.64. The van der Waals surface area contributed by atoms with Crippen molar-refractivity contribution in [1.29, 1.82) is 0 Å². The van der Waals surface area contributed by atoms with E-state index < -0.39 is 0 Å². The lowest BCUT2D eigenvalue weighted by Crippen LogP contribution is -1.99. The average Bonchev–Trinajstić information content (AvgIpc) is 3.19. The van der Waals surface area contributed by atoms with Crippen LogP contribution in [0, 0.1) is 6.92 Å². The Bertz CT molecular complexity index is 1050. The number of nitrogens with one attached hydrogen (secondary N) is 1. The van der Waals surface area contributed by atoms with E-state index in [4.69, 9.17) is 9.97 Å². The van der Waals surface area contributed by atoms with E-state index in [0.29, 0.717) is 0 Å². The van der Waals surface area contributed by atoms with Crippen molar-refractivity contribution in [3.63, 3.8) is 0 Å². The van der Waals surface area contributed by atoms with E-state index in [1.54, 1.807) is 11.8 Å². The van der Waals surface area contributed by atoms with Gasteiger partial charge in [0.05, 0.1) is 16.8 Å². The number of fused-ring (bicyclic) bond motifs is 4. The lowest BCUT2D eigenvalue weighted by molar-refractivity contribution is 0.699. The van der Waals surface area contributed by atoms with E-state index in [2.05, 4.69) is 16.0 Å². The van der Waals surface area contributed by atoms with Gasteiger partial charge in [-0.3, -0.25) is 0 Å². The second kappa shape index (κ2) is 6.11. The van der Waals surface area contributed by atoms with Gasteiger partial charge < -0.3 is 4.98 Å². The van der Waals surface area contributed by atoms with Crippen LogP contribution in [0.3, 0.4) is 0 Å². The second-order valence-electron chi connectivity index (χ2n) is 6.46. The third-order valence-corrected chi connectivity index (χ3v) is 6.85. The number of nitrogens with zero attached hydrogens (tertiary/aromatic N) is 3. The molecule has 1 aliphatic rings. The second-order valence-corrected chi connectivity index (χ2v) is 8.50. The van der Waals surface area contributed by atoms with Crippen molar-refractivity contribution >= 4 is 44.3 Å². The van der Waals surface area contributed by atoms with E-state index in [9.17, 15) is 0 Å². The number of H-pyrrole nitrogens is 1. The molecule has 4 nitrogen and oxygen atoms in total. The van der Waals surface area contributed by atoms with E-state index >= 15 is 0 Å². The molecule has 25 heavy (non-hydrogen) atoms. The standard InChI is InChI=1S/C19H18N4S2/c1-11-20-18(17-12-6-2-5-9-15(12)25-19(17)21-11)24-10-16-22-13-7-3-4-8-14(13)23-16/h3-4,7-8H,2,5-6,9-10H2,1H3,(H,22,23). The molecule has 1 N–H and O–H groups in total. The van der Waals surface area contributed by atoms with Crippen molar-refractivity contribution in [3.05, 3.63) is 46.4 Å². The molecule has 5 rings (SSSR count). The van der Waals surface area contributed by atoms with E-state index in [0.717, 1.165) is 38.3 Å². The van der Waals surface area contributed by atoms with Gasteiger partial charge in [0.2, 0.25) is 0 Å². The molecule has 0 aliphatic heterocycles. The average molecular weight is 367 g/mol. The molecule has 0 saturated heterocycles. The highest BCUT2D eigenvalue weighted by Crippen LogP contribution is 2.40. The predicted octanol–water partition coefficient (Wildman–Crippen LogP) is 5.05. The van der Waals surface area contributed by atoms with Gasteiger partial charge in [0.25, 0.3) is 0 Å². The summed E-state index contributed by atoms with van der Waals surface area (Å²) in [6, 6.07) is 8.17. The number of hydrogen-bond donors (Lipinski definition) is 1. The van der Waals surface area contributed by atoms with Crippen molar-refractivity contribution in [2.75, 3.05) is 0 Å². The number of benzene rings is 1. The summed E-state index contributed by atoms with van der Waals surface area (Å²) in [4.78, 5) is 20.2. The maximum atomic E-state index is 4.77. The van der Waals surface area contributed by atoms with Crippen LogP contribution in [0.25, 0.3) is 21.3 Å². The molecule has 6 heteroatoms. The third-order valence-electron chi connectivity index (χ3n) is 4.68. The van der Waals surface area contributed by atoms with Crippen LogP contribution < -0.4 is 0 Å². The summed E-state index contributed by atoms with van der Waals surface area (Å²) in [5.74, 6) is 2.66. The fourth-order valence-electron chi connectivity index (χ4n) is 3.54. The molecule has 1 aromatic carbocycles. The molecule has 4 aromatic rings. The van der Waals surface area contributed by atoms with Crippen molar-refractivity contribution in [1.82, 2.24) is 19.9 Å². The fourth-order valence-corrected chi connectivity index (χ4v) is 5.88. The topological polar surface area (TPSA) is 54.5 Å². The minimum atomic E-state index is 0.796. The van der Waals surface area contributed by atoms with Crippen LogP contribution in [0.4, 0.5) is 0 Å². The van der Waals surface area contributed by atoms with E-state index in [1.165, 1.54) is 41.5 Å². The van der Waals surface area contributed by atoms with Gasteiger partial charge in [0.1, 0.15) is 21.5 Å². The molecule has 0 bridgehead atoms. The first-order valence-electron chi connectivity index (χ1n) is 8.63. The Kier molecular flexibility index (Phi) is 3.75. The van der Waals surface area contributed by atoms with Gasteiger partial charge in [0, 0.05) is 10.3 Å². The van der Waals surface area contributed by atoms with Gasteiger partial charge in [-0.15, -0.1) is 11.3 Å². The van der Waals surface area contributed by atoms with E-state index in [1.807, 2.05) is 36.5 Å². The Morgan fingerprint density at radius 3 is 2.92 bits per heavy atom. The number of hydrogen-bond acceptors (Lipinski definition) is 5. The van der Waals surface area contributed by atoms with Gasteiger partial charge in [-0.25, -0.2) is 15.0 Å². The summed E-state index contributed by atoms with van der Waals surface area (Å²) < 4.78 is 0. The molecular formula is C19H18N4S2. The molecule has 3 heterocycles. The highest BCUT2D eigenvalue weighted by molar-refractivity contribution is 7.98. The van der Waals surface area contributed by atoms with Gasteiger partial charge in [-0.05, 0) is 50.3 Å². The molecule has 0 fully saturated rings. The van der Waals surface area contributed by atoms with Crippen LogP contribution in [0.15, 0.2) is 29.3 Å². The molecule has 3 aromatic heterocycles. The number of imidazole rings is 1. The van der Waals surface area contributed by atoms with Crippen LogP contribution in [0.1, 0.15) is 34.9 Å². The van der Waals surface area contributed by atoms with Crippen molar-refractivity contribution in [2.45, 2.75) is 43.4 Å². The first kappa shape index (κ1) is 15.3. The van der Waals surface area contributed by atoms with Crippen molar-refractivity contribution in [3.8, 4) is 0 Å². The number of thiophene rings is 1. The van der Waals surface area contributed by atoms with E-state index in [-0.39, 0.29) is 0 Å². The Labute approximate surface area is 154 Å². The number of aromatic amines is 1. The maximum absolute atomic E-state index is 4.77. The quantitative estimate of drug-likeness (QED) is 0.407. The van der Waals surface area contributed by atoms with Gasteiger partial charge in [-0.1, -0.05) is 23.9 Å². The normalized spacial score (nSPS) is 14.3. The van der Waals surface area contributed by atoms with Gasteiger partial charge >= 0.3 is 0 Å². The lowest BCUT2D eigenvalue weighted by atomic mass is 9.97. The third kappa shape index (κ3) is 2.73. The Balaban J connectivity index is 1.52. The molecular weight excluding hydrogens is 348 g/mol. The number of thioether (sulfide) groups is 1. The Hall–Kier alpha value is -1.92. The minimum Gasteiger partial charge on any atom is -0.341 e. The monoisotopic (exact) mass is 366 g/mol. The van der Waals surface area contributed by atoms with Crippen molar-refractivity contribution < 1.29 is 0 Å². The van der Waals surface area contributed by atoms with Gasteiger partial charge in [0.15, 0.2) is 0 Å². The van der Waals surface area contributed by atoms with Crippen LogP contribution in [0.2, 0.25) is 0 Å². The Morgan fingerprint density at radius 2 is 2.00 bits per heavy atom. The first-order valence-corrected chi connectivity index (χ1v) is 10.4. The summed E-state index contributed by atoms with van der Waals surface area (Å²) in [6.45, 7) is 1.99. The molecule has 126 valence electrons. The number of aryl methyl sites for hydroxylation is 3. The zero-order chi connectivity index (χ0) is 16.8. The Morgan fingerprint density at radius 1 is 1.12 bits per heavy atom.